The third-order valence-electron chi connectivity index (χ3n) is 2.54. The number of benzene rings is 2. The van der Waals surface area contributed by atoms with Crippen molar-refractivity contribution in [3.05, 3.63) is 63.9 Å². The third kappa shape index (κ3) is 3.30. The van der Waals surface area contributed by atoms with Crippen LogP contribution in [-0.2, 0) is 6.54 Å². The van der Waals surface area contributed by atoms with E-state index in [9.17, 15) is 4.39 Å². The maximum atomic E-state index is 13.1. The fourth-order valence-corrected chi connectivity index (χ4v) is 2.02. The molecule has 0 atom stereocenters. The molecule has 0 saturated heterocycles. The van der Waals surface area contributed by atoms with E-state index in [2.05, 4.69) is 21.2 Å². The first kappa shape index (κ1) is 12.1. The lowest BCUT2D eigenvalue weighted by atomic mass is 10.1. The summed E-state index contributed by atoms with van der Waals surface area (Å²) in [7, 11) is 0. The van der Waals surface area contributed by atoms with E-state index in [1.54, 1.807) is 13.0 Å². The van der Waals surface area contributed by atoms with Gasteiger partial charge in [0.25, 0.3) is 0 Å². The molecule has 17 heavy (non-hydrogen) atoms. The highest BCUT2D eigenvalue weighted by atomic mass is 79.9. The highest BCUT2D eigenvalue weighted by molar-refractivity contribution is 9.10. The van der Waals surface area contributed by atoms with Gasteiger partial charge in [-0.3, -0.25) is 0 Å². The van der Waals surface area contributed by atoms with Crippen molar-refractivity contribution >= 4 is 21.6 Å². The van der Waals surface area contributed by atoms with Gasteiger partial charge in [0.2, 0.25) is 0 Å². The van der Waals surface area contributed by atoms with Crippen molar-refractivity contribution in [3.63, 3.8) is 0 Å². The highest BCUT2D eigenvalue weighted by Gasteiger charge is 1.99. The molecule has 0 bridgehead atoms. The second kappa shape index (κ2) is 5.32. The first-order chi connectivity index (χ1) is 8.15. The van der Waals surface area contributed by atoms with E-state index in [4.69, 9.17) is 0 Å². The van der Waals surface area contributed by atoms with Gasteiger partial charge in [0, 0.05) is 16.7 Å². The molecule has 2 aromatic rings. The summed E-state index contributed by atoms with van der Waals surface area (Å²) in [4.78, 5) is 0. The Morgan fingerprint density at radius 3 is 2.71 bits per heavy atom. The molecule has 0 spiro atoms. The largest absolute Gasteiger partial charge is 0.381 e. The Bertz CT molecular complexity index is 525. The summed E-state index contributed by atoms with van der Waals surface area (Å²) in [5, 5.41) is 3.30. The van der Waals surface area contributed by atoms with Crippen molar-refractivity contribution in [2.45, 2.75) is 13.5 Å². The van der Waals surface area contributed by atoms with Crippen LogP contribution in [-0.4, -0.2) is 0 Å². The summed E-state index contributed by atoms with van der Waals surface area (Å²) in [6, 6.07) is 13.1. The quantitative estimate of drug-likeness (QED) is 0.878. The first-order valence-electron chi connectivity index (χ1n) is 5.39. The van der Waals surface area contributed by atoms with Crippen LogP contribution in [0, 0.1) is 12.7 Å². The van der Waals surface area contributed by atoms with Crippen molar-refractivity contribution in [2.24, 2.45) is 0 Å². The Labute approximate surface area is 109 Å². The van der Waals surface area contributed by atoms with Crippen LogP contribution in [0.1, 0.15) is 11.1 Å². The lowest BCUT2D eigenvalue weighted by Gasteiger charge is -2.08. The van der Waals surface area contributed by atoms with Gasteiger partial charge in [-0.05, 0) is 42.3 Å². The van der Waals surface area contributed by atoms with Gasteiger partial charge in [-0.1, -0.05) is 34.1 Å². The van der Waals surface area contributed by atoms with Crippen LogP contribution in [0.2, 0.25) is 0 Å². The van der Waals surface area contributed by atoms with Crippen LogP contribution < -0.4 is 5.32 Å². The molecule has 0 fully saturated rings. The molecule has 3 heteroatoms. The average molecular weight is 294 g/mol. The molecular weight excluding hydrogens is 281 g/mol. The molecule has 1 nitrogen and oxygen atoms in total. The maximum absolute atomic E-state index is 13.1. The SMILES string of the molecule is Cc1cc(CNc2cccc(Br)c2)ccc1F. The summed E-state index contributed by atoms with van der Waals surface area (Å²) < 4.78 is 14.1. The molecule has 0 unspecified atom stereocenters. The van der Waals surface area contributed by atoms with E-state index in [0.717, 1.165) is 15.7 Å². The predicted molar refractivity (Wildman–Crippen MR) is 72.6 cm³/mol. The summed E-state index contributed by atoms with van der Waals surface area (Å²) in [6.07, 6.45) is 0. The molecule has 0 aliphatic heterocycles. The van der Waals surface area contributed by atoms with Gasteiger partial charge in [-0.25, -0.2) is 4.39 Å². The van der Waals surface area contributed by atoms with Crippen LogP contribution in [0.25, 0.3) is 0 Å². The molecule has 2 rings (SSSR count). The number of hydrogen-bond donors (Lipinski definition) is 1. The second-order valence-electron chi connectivity index (χ2n) is 3.95. The monoisotopic (exact) mass is 293 g/mol. The lowest BCUT2D eigenvalue weighted by molar-refractivity contribution is 0.617. The highest BCUT2D eigenvalue weighted by Crippen LogP contribution is 2.17. The number of rotatable bonds is 3. The van der Waals surface area contributed by atoms with Crippen LogP contribution in [0.15, 0.2) is 46.9 Å². The van der Waals surface area contributed by atoms with Crippen LogP contribution in [0.3, 0.4) is 0 Å². The third-order valence-corrected chi connectivity index (χ3v) is 3.04. The van der Waals surface area contributed by atoms with Gasteiger partial charge in [0.1, 0.15) is 5.82 Å². The van der Waals surface area contributed by atoms with Crippen molar-refractivity contribution in [1.82, 2.24) is 0 Å². The Balaban J connectivity index is 2.05. The number of hydrogen-bond acceptors (Lipinski definition) is 1. The van der Waals surface area contributed by atoms with E-state index in [1.807, 2.05) is 30.3 Å². The van der Waals surface area contributed by atoms with Gasteiger partial charge in [-0.15, -0.1) is 0 Å². The van der Waals surface area contributed by atoms with Gasteiger partial charge < -0.3 is 5.32 Å². The smallest absolute Gasteiger partial charge is 0.126 e. The molecule has 0 aliphatic carbocycles. The summed E-state index contributed by atoms with van der Waals surface area (Å²) in [5.41, 5.74) is 2.80. The number of anilines is 1. The van der Waals surface area contributed by atoms with E-state index in [0.29, 0.717) is 12.1 Å². The zero-order valence-electron chi connectivity index (χ0n) is 9.50. The standard InChI is InChI=1S/C14H13BrFN/c1-10-7-11(5-6-14(10)16)9-17-13-4-2-3-12(15)8-13/h2-8,17H,9H2,1H3. The summed E-state index contributed by atoms with van der Waals surface area (Å²) in [5.74, 6) is -0.156. The molecule has 1 N–H and O–H groups in total. The van der Waals surface area contributed by atoms with E-state index >= 15 is 0 Å². The zero-order valence-corrected chi connectivity index (χ0v) is 11.1. The number of nitrogens with one attached hydrogen (secondary N) is 1. The van der Waals surface area contributed by atoms with E-state index in [-0.39, 0.29) is 5.82 Å². The predicted octanol–water partition coefficient (Wildman–Crippen LogP) is 4.51. The Hall–Kier alpha value is -1.35. The fraction of sp³-hybridized carbons (Fsp3) is 0.143. The second-order valence-corrected chi connectivity index (χ2v) is 4.86. The molecule has 0 amide bonds. The molecule has 88 valence electrons. The number of halogens is 2. The Morgan fingerprint density at radius 2 is 2.00 bits per heavy atom. The fourth-order valence-electron chi connectivity index (χ4n) is 1.62. The molecular formula is C14H13BrFN. The van der Waals surface area contributed by atoms with Gasteiger partial charge >= 0.3 is 0 Å². The lowest BCUT2D eigenvalue weighted by Crippen LogP contribution is -2.00. The van der Waals surface area contributed by atoms with Crippen molar-refractivity contribution in [1.29, 1.82) is 0 Å². The van der Waals surface area contributed by atoms with Gasteiger partial charge in [0.05, 0.1) is 0 Å². The maximum Gasteiger partial charge on any atom is 0.126 e. The minimum absolute atomic E-state index is 0.156. The summed E-state index contributed by atoms with van der Waals surface area (Å²) in [6.45, 7) is 2.47. The van der Waals surface area contributed by atoms with Crippen LogP contribution in [0.4, 0.5) is 10.1 Å². The van der Waals surface area contributed by atoms with Gasteiger partial charge in [0.15, 0.2) is 0 Å². The Kier molecular flexibility index (Phi) is 3.79. The molecule has 0 aromatic heterocycles. The van der Waals surface area contributed by atoms with Crippen LogP contribution in [0.5, 0.6) is 0 Å². The number of aryl methyl sites for hydroxylation is 1. The minimum atomic E-state index is -0.156. The van der Waals surface area contributed by atoms with E-state index in [1.165, 1.54) is 6.07 Å². The van der Waals surface area contributed by atoms with Crippen molar-refractivity contribution < 1.29 is 4.39 Å². The Morgan fingerprint density at radius 1 is 1.18 bits per heavy atom. The normalized spacial score (nSPS) is 10.3. The topological polar surface area (TPSA) is 12.0 Å². The molecule has 0 saturated carbocycles. The first-order valence-corrected chi connectivity index (χ1v) is 6.19. The zero-order chi connectivity index (χ0) is 12.3. The molecule has 0 aliphatic rings. The van der Waals surface area contributed by atoms with Crippen molar-refractivity contribution in [2.75, 3.05) is 5.32 Å². The van der Waals surface area contributed by atoms with Crippen LogP contribution >= 0.6 is 15.9 Å². The summed E-state index contributed by atoms with van der Waals surface area (Å²) >= 11 is 3.42. The van der Waals surface area contributed by atoms with Crippen molar-refractivity contribution in [3.8, 4) is 0 Å². The average Bonchev–Trinajstić information content (AvgIpc) is 2.31. The van der Waals surface area contributed by atoms with Gasteiger partial charge in [-0.2, -0.15) is 0 Å². The molecule has 2 aromatic carbocycles. The molecule has 0 radical (unpaired) electrons. The molecule has 0 heterocycles. The minimum Gasteiger partial charge on any atom is -0.381 e. The van der Waals surface area contributed by atoms with E-state index < -0.39 is 0 Å².